The van der Waals surface area contributed by atoms with E-state index in [0.29, 0.717) is 0 Å². The van der Waals surface area contributed by atoms with Crippen molar-refractivity contribution in [2.45, 2.75) is 25.7 Å². The Morgan fingerprint density at radius 2 is 2.07 bits per heavy atom. The van der Waals surface area contributed by atoms with Gasteiger partial charge in [-0.3, -0.25) is 0 Å². The van der Waals surface area contributed by atoms with Crippen molar-refractivity contribution in [2.24, 2.45) is 0 Å². The van der Waals surface area contributed by atoms with Crippen molar-refractivity contribution in [3.8, 4) is 0 Å². The van der Waals surface area contributed by atoms with Crippen LogP contribution in [0.1, 0.15) is 31.2 Å². The Hall–Kier alpha value is -1.02. The monoisotopic (exact) mass is 205 g/mol. The Labute approximate surface area is 91.5 Å². The highest BCUT2D eigenvalue weighted by atomic mass is 16.3. The molecule has 0 saturated carbocycles. The fourth-order valence-corrected chi connectivity index (χ4v) is 2.11. The first-order valence-corrected chi connectivity index (χ1v) is 5.77. The van der Waals surface area contributed by atoms with Crippen LogP contribution in [0.3, 0.4) is 0 Å². The molecule has 0 radical (unpaired) electrons. The summed E-state index contributed by atoms with van der Waals surface area (Å²) >= 11 is 0. The maximum Gasteiger partial charge on any atom is 0.0497 e. The SMILES string of the molecule is CC(CO)c1cccc(N2CCCC2)c1. The molecule has 2 rings (SSSR count). The van der Waals surface area contributed by atoms with E-state index in [0.717, 1.165) is 0 Å². The topological polar surface area (TPSA) is 23.5 Å². The summed E-state index contributed by atoms with van der Waals surface area (Å²) < 4.78 is 0. The predicted molar refractivity (Wildman–Crippen MR) is 63.4 cm³/mol. The van der Waals surface area contributed by atoms with Gasteiger partial charge in [0.1, 0.15) is 0 Å². The molecule has 1 aromatic rings. The quantitative estimate of drug-likeness (QED) is 0.819. The summed E-state index contributed by atoms with van der Waals surface area (Å²) in [6, 6.07) is 8.57. The molecule has 1 heterocycles. The summed E-state index contributed by atoms with van der Waals surface area (Å²) in [5, 5.41) is 9.13. The second kappa shape index (κ2) is 4.67. The van der Waals surface area contributed by atoms with Gasteiger partial charge in [-0.05, 0) is 30.5 Å². The minimum atomic E-state index is 0.226. The van der Waals surface area contributed by atoms with Gasteiger partial charge >= 0.3 is 0 Å². The number of anilines is 1. The Morgan fingerprint density at radius 1 is 1.33 bits per heavy atom. The molecule has 2 nitrogen and oxygen atoms in total. The van der Waals surface area contributed by atoms with Crippen molar-refractivity contribution in [3.63, 3.8) is 0 Å². The highest BCUT2D eigenvalue weighted by molar-refractivity contribution is 5.49. The van der Waals surface area contributed by atoms with Crippen LogP contribution in [0.5, 0.6) is 0 Å². The highest BCUT2D eigenvalue weighted by Crippen LogP contribution is 2.24. The lowest BCUT2D eigenvalue weighted by molar-refractivity contribution is 0.273. The van der Waals surface area contributed by atoms with Crippen LogP contribution in [0.4, 0.5) is 5.69 Å². The van der Waals surface area contributed by atoms with Gasteiger partial charge in [-0.15, -0.1) is 0 Å². The van der Waals surface area contributed by atoms with Crippen LogP contribution >= 0.6 is 0 Å². The number of hydrogen-bond acceptors (Lipinski definition) is 2. The van der Waals surface area contributed by atoms with Gasteiger partial charge in [0.2, 0.25) is 0 Å². The molecule has 1 saturated heterocycles. The second-order valence-corrected chi connectivity index (χ2v) is 4.37. The third-order valence-corrected chi connectivity index (χ3v) is 3.18. The number of hydrogen-bond donors (Lipinski definition) is 1. The number of rotatable bonds is 3. The molecule has 15 heavy (non-hydrogen) atoms. The summed E-state index contributed by atoms with van der Waals surface area (Å²) in [6.07, 6.45) is 2.61. The summed E-state index contributed by atoms with van der Waals surface area (Å²) in [7, 11) is 0. The van der Waals surface area contributed by atoms with Crippen LogP contribution in [0, 0.1) is 0 Å². The van der Waals surface area contributed by atoms with E-state index in [1.807, 2.05) is 0 Å². The van der Waals surface area contributed by atoms with E-state index < -0.39 is 0 Å². The molecule has 1 aromatic carbocycles. The Balaban J connectivity index is 2.18. The third-order valence-electron chi connectivity index (χ3n) is 3.18. The van der Waals surface area contributed by atoms with Gasteiger partial charge in [-0.25, -0.2) is 0 Å². The van der Waals surface area contributed by atoms with Gasteiger partial charge in [-0.1, -0.05) is 19.1 Å². The Kier molecular flexibility index (Phi) is 3.27. The van der Waals surface area contributed by atoms with Gasteiger partial charge in [0.05, 0.1) is 0 Å². The van der Waals surface area contributed by atoms with Crippen molar-refractivity contribution in [1.29, 1.82) is 0 Å². The van der Waals surface area contributed by atoms with Crippen LogP contribution in [0.15, 0.2) is 24.3 Å². The van der Waals surface area contributed by atoms with Crippen molar-refractivity contribution < 1.29 is 5.11 Å². The standard InChI is InChI=1S/C13H19NO/c1-11(10-15)12-5-4-6-13(9-12)14-7-2-3-8-14/h4-6,9,11,15H,2-3,7-8,10H2,1H3. The van der Waals surface area contributed by atoms with Gasteiger partial charge in [0.15, 0.2) is 0 Å². The van der Waals surface area contributed by atoms with Crippen molar-refractivity contribution in [2.75, 3.05) is 24.6 Å². The van der Waals surface area contributed by atoms with Gasteiger partial charge in [0, 0.05) is 31.3 Å². The molecule has 0 amide bonds. The lowest BCUT2D eigenvalue weighted by Crippen LogP contribution is -2.17. The lowest BCUT2D eigenvalue weighted by atomic mass is 10.0. The summed E-state index contributed by atoms with van der Waals surface area (Å²) in [5.74, 6) is 0.243. The second-order valence-electron chi connectivity index (χ2n) is 4.37. The van der Waals surface area contributed by atoms with Crippen LogP contribution in [-0.2, 0) is 0 Å². The average molecular weight is 205 g/mol. The fourth-order valence-electron chi connectivity index (χ4n) is 2.11. The zero-order valence-electron chi connectivity index (χ0n) is 9.32. The van der Waals surface area contributed by atoms with E-state index >= 15 is 0 Å². The first kappa shape index (κ1) is 10.5. The number of aliphatic hydroxyl groups excluding tert-OH is 1. The van der Waals surface area contributed by atoms with E-state index in [4.69, 9.17) is 5.11 Å². The largest absolute Gasteiger partial charge is 0.396 e. The molecule has 0 spiro atoms. The molecule has 0 aliphatic carbocycles. The van der Waals surface area contributed by atoms with Crippen molar-refractivity contribution >= 4 is 5.69 Å². The lowest BCUT2D eigenvalue weighted by Gasteiger charge is -2.19. The molecule has 1 atom stereocenters. The molecule has 2 heteroatoms. The smallest absolute Gasteiger partial charge is 0.0497 e. The first-order chi connectivity index (χ1) is 7.31. The highest BCUT2D eigenvalue weighted by Gasteiger charge is 2.13. The maximum absolute atomic E-state index is 9.13. The maximum atomic E-state index is 9.13. The third kappa shape index (κ3) is 2.32. The molecule has 1 aliphatic heterocycles. The van der Waals surface area contributed by atoms with E-state index in [1.54, 1.807) is 0 Å². The summed E-state index contributed by atoms with van der Waals surface area (Å²) in [4.78, 5) is 2.42. The Bertz CT molecular complexity index is 318. The van der Waals surface area contributed by atoms with Gasteiger partial charge in [-0.2, -0.15) is 0 Å². The van der Waals surface area contributed by atoms with Crippen LogP contribution < -0.4 is 4.90 Å². The number of aliphatic hydroxyl groups is 1. The molecular weight excluding hydrogens is 186 g/mol. The molecule has 1 fully saturated rings. The summed E-state index contributed by atoms with van der Waals surface area (Å²) in [6.45, 7) is 4.64. The van der Waals surface area contributed by atoms with Gasteiger partial charge < -0.3 is 10.0 Å². The molecule has 1 N–H and O–H groups in total. The minimum Gasteiger partial charge on any atom is -0.396 e. The Morgan fingerprint density at radius 3 is 2.73 bits per heavy atom. The van der Waals surface area contributed by atoms with E-state index in [2.05, 4.69) is 36.1 Å². The molecule has 0 bridgehead atoms. The van der Waals surface area contributed by atoms with E-state index in [1.165, 1.54) is 37.2 Å². The molecule has 1 unspecified atom stereocenters. The fraction of sp³-hybridized carbons (Fsp3) is 0.538. The molecule has 0 aromatic heterocycles. The van der Waals surface area contributed by atoms with Crippen LogP contribution in [-0.4, -0.2) is 24.8 Å². The van der Waals surface area contributed by atoms with Crippen LogP contribution in [0.25, 0.3) is 0 Å². The zero-order valence-corrected chi connectivity index (χ0v) is 9.32. The zero-order chi connectivity index (χ0) is 10.7. The van der Waals surface area contributed by atoms with E-state index in [9.17, 15) is 0 Å². The normalized spacial score (nSPS) is 18.1. The molecule has 1 aliphatic rings. The van der Waals surface area contributed by atoms with Crippen LogP contribution in [0.2, 0.25) is 0 Å². The first-order valence-electron chi connectivity index (χ1n) is 5.77. The predicted octanol–water partition coefficient (Wildman–Crippen LogP) is 2.38. The van der Waals surface area contributed by atoms with E-state index in [-0.39, 0.29) is 12.5 Å². The summed E-state index contributed by atoms with van der Waals surface area (Å²) in [5.41, 5.74) is 2.55. The van der Waals surface area contributed by atoms with Crippen molar-refractivity contribution in [3.05, 3.63) is 29.8 Å². The van der Waals surface area contributed by atoms with Gasteiger partial charge in [0.25, 0.3) is 0 Å². The minimum absolute atomic E-state index is 0.226. The number of benzene rings is 1. The number of nitrogens with zero attached hydrogens (tertiary/aromatic N) is 1. The molecular formula is C13H19NO. The molecule has 82 valence electrons. The van der Waals surface area contributed by atoms with Crippen molar-refractivity contribution in [1.82, 2.24) is 0 Å². The average Bonchev–Trinajstić information content (AvgIpc) is 2.82.